The van der Waals surface area contributed by atoms with E-state index >= 15 is 0 Å². The zero-order chi connectivity index (χ0) is 14.8. The minimum atomic E-state index is 0.0634. The molecule has 106 valence electrons. The molecule has 0 aliphatic heterocycles. The number of para-hydroxylation sites is 1. The fourth-order valence-electron chi connectivity index (χ4n) is 2.11. The van der Waals surface area contributed by atoms with Crippen molar-refractivity contribution in [1.29, 1.82) is 0 Å². The topological polar surface area (TPSA) is 32.9 Å². The number of thioether (sulfide) groups is 1. The quantitative estimate of drug-likeness (QED) is 0.508. The number of carbonyl (C=O) groups is 1. The van der Waals surface area contributed by atoms with Crippen molar-refractivity contribution in [3.8, 4) is 0 Å². The molecular weight excluding hydrogens is 325 g/mol. The molecule has 0 saturated carbocycles. The van der Waals surface area contributed by atoms with Crippen molar-refractivity contribution >= 4 is 51.6 Å². The number of H-pyrrole nitrogens is 1. The van der Waals surface area contributed by atoms with E-state index in [1.807, 2.05) is 24.3 Å². The van der Waals surface area contributed by atoms with Crippen molar-refractivity contribution in [1.82, 2.24) is 4.98 Å². The lowest BCUT2D eigenvalue weighted by Gasteiger charge is -2.04. The smallest absolute Gasteiger partial charge is 0.175 e. The zero-order valence-corrected chi connectivity index (χ0v) is 13.2. The van der Waals surface area contributed by atoms with Gasteiger partial charge in [0.1, 0.15) is 0 Å². The molecule has 3 rings (SSSR count). The maximum atomic E-state index is 12.4. The summed E-state index contributed by atoms with van der Waals surface area (Å²) in [6.07, 6.45) is 1.76. The van der Waals surface area contributed by atoms with Gasteiger partial charge < -0.3 is 4.98 Å². The molecule has 21 heavy (non-hydrogen) atoms. The van der Waals surface area contributed by atoms with Crippen LogP contribution in [0.3, 0.4) is 0 Å². The van der Waals surface area contributed by atoms with Crippen LogP contribution in [0.25, 0.3) is 10.9 Å². The fourth-order valence-corrected chi connectivity index (χ4v) is 3.49. The average molecular weight is 336 g/mol. The number of fused-ring (bicyclic) bond motifs is 1. The maximum Gasteiger partial charge on any atom is 0.175 e. The molecule has 1 N–H and O–H groups in total. The Labute approximate surface area is 136 Å². The number of rotatable bonds is 4. The molecule has 3 aromatic rings. The number of aromatic nitrogens is 1. The van der Waals surface area contributed by atoms with E-state index < -0.39 is 0 Å². The standard InChI is InChI=1S/C16H11Cl2NOS/c17-10-5-6-13(18)16(7-10)21-9-15(20)12-8-19-14-4-2-1-3-11(12)14/h1-8,19H,9H2. The van der Waals surface area contributed by atoms with Gasteiger partial charge in [-0.05, 0) is 24.3 Å². The van der Waals surface area contributed by atoms with Gasteiger partial charge in [-0.2, -0.15) is 0 Å². The third kappa shape index (κ3) is 3.10. The van der Waals surface area contributed by atoms with Gasteiger partial charge in [-0.25, -0.2) is 0 Å². The van der Waals surface area contributed by atoms with Crippen LogP contribution in [0.2, 0.25) is 10.0 Å². The second-order valence-electron chi connectivity index (χ2n) is 4.53. The molecule has 1 aromatic heterocycles. The Hall–Kier alpha value is -1.42. The molecule has 0 saturated heterocycles. The predicted octanol–water partition coefficient (Wildman–Crippen LogP) is 5.45. The summed E-state index contributed by atoms with van der Waals surface area (Å²) in [4.78, 5) is 16.3. The first-order chi connectivity index (χ1) is 10.1. The number of Topliss-reactive ketones (excluding diaryl/α,β-unsaturated/α-hetero) is 1. The van der Waals surface area contributed by atoms with Gasteiger partial charge in [0.2, 0.25) is 0 Å². The highest BCUT2D eigenvalue weighted by Crippen LogP contribution is 2.31. The van der Waals surface area contributed by atoms with Crippen LogP contribution in [-0.2, 0) is 0 Å². The lowest BCUT2D eigenvalue weighted by molar-refractivity contribution is 0.102. The number of hydrogen-bond acceptors (Lipinski definition) is 2. The summed E-state index contributed by atoms with van der Waals surface area (Å²) < 4.78 is 0. The Morgan fingerprint density at radius 2 is 1.95 bits per heavy atom. The lowest BCUT2D eigenvalue weighted by Crippen LogP contribution is -2.01. The molecule has 0 amide bonds. The van der Waals surface area contributed by atoms with Crippen LogP contribution in [0, 0.1) is 0 Å². The minimum Gasteiger partial charge on any atom is -0.360 e. The van der Waals surface area contributed by atoms with Gasteiger partial charge in [0.15, 0.2) is 5.78 Å². The highest BCUT2D eigenvalue weighted by Gasteiger charge is 2.13. The first-order valence-corrected chi connectivity index (χ1v) is 8.06. The summed E-state index contributed by atoms with van der Waals surface area (Å²) in [6, 6.07) is 13.0. The summed E-state index contributed by atoms with van der Waals surface area (Å²) in [7, 11) is 0. The molecule has 0 atom stereocenters. The molecule has 0 unspecified atom stereocenters. The average Bonchev–Trinajstić information content (AvgIpc) is 2.92. The molecule has 0 aliphatic rings. The summed E-state index contributed by atoms with van der Waals surface area (Å²) in [5, 5.41) is 2.16. The van der Waals surface area contributed by atoms with Gasteiger partial charge in [0, 0.05) is 32.6 Å². The summed E-state index contributed by atoms with van der Waals surface area (Å²) in [5.41, 5.74) is 1.67. The molecule has 2 aromatic carbocycles. The molecule has 1 heterocycles. The second kappa shape index (κ2) is 6.14. The predicted molar refractivity (Wildman–Crippen MR) is 89.8 cm³/mol. The van der Waals surface area contributed by atoms with Gasteiger partial charge in [0.25, 0.3) is 0 Å². The normalized spacial score (nSPS) is 11.0. The van der Waals surface area contributed by atoms with Crippen molar-refractivity contribution < 1.29 is 4.79 Å². The number of hydrogen-bond donors (Lipinski definition) is 1. The van der Waals surface area contributed by atoms with Crippen LogP contribution < -0.4 is 0 Å². The first kappa shape index (κ1) is 14.5. The summed E-state index contributed by atoms with van der Waals surface area (Å²) in [5.74, 6) is 0.385. The molecule has 0 bridgehead atoms. The Morgan fingerprint density at radius 3 is 2.81 bits per heavy atom. The first-order valence-electron chi connectivity index (χ1n) is 6.32. The van der Waals surface area contributed by atoms with E-state index in [-0.39, 0.29) is 5.78 Å². The van der Waals surface area contributed by atoms with Gasteiger partial charge in [-0.15, -0.1) is 11.8 Å². The van der Waals surface area contributed by atoms with E-state index in [2.05, 4.69) is 4.98 Å². The van der Waals surface area contributed by atoms with E-state index in [1.54, 1.807) is 24.4 Å². The van der Waals surface area contributed by atoms with Gasteiger partial charge in [-0.3, -0.25) is 4.79 Å². The van der Waals surface area contributed by atoms with Crippen molar-refractivity contribution in [3.05, 3.63) is 64.3 Å². The maximum absolute atomic E-state index is 12.4. The van der Waals surface area contributed by atoms with E-state index in [0.29, 0.717) is 21.4 Å². The number of aromatic amines is 1. The molecule has 2 nitrogen and oxygen atoms in total. The number of nitrogens with one attached hydrogen (secondary N) is 1. The number of halogens is 2. The second-order valence-corrected chi connectivity index (χ2v) is 6.40. The molecular formula is C16H11Cl2NOS. The van der Waals surface area contributed by atoms with Crippen molar-refractivity contribution in [2.24, 2.45) is 0 Å². The van der Waals surface area contributed by atoms with Crippen molar-refractivity contribution in [2.75, 3.05) is 5.75 Å². The van der Waals surface area contributed by atoms with E-state index in [4.69, 9.17) is 23.2 Å². The van der Waals surface area contributed by atoms with Crippen LogP contribution in [0.15, 0.2) is 53.6 Å². The van der Waals surface area contributed by atoms with Crippen LogP contribution in [-0.4, -0.2) is 16.5 Å². The third-order valence-electron chi connectivity index (χ3n) is 3.14. The van der Waals surface area contributed by atoms with E-state index in [0.717, 1.165) is 15.8 Å². The van der Waals surface area contributed by atoms with Crippen LogP contribution in [0.5, 0.6) is 0 Å². The van der Waals surface area contributed by atoms with Gasteiger partial charge in [-0.1, -0.05) is 41.4 Å². The van der Waals surface area contributed by atoms with Crippen LogP contribution in [0.4, 0.5) is 0 Å². The van der Waals surface area contributed by atoms with Crippen LogP contribution >= 0.6 is 35.0 Å². The Bertz CT molecular complexity index is 813. The van der Waals surface area contributed by atoms with Gasteiger partial charge in [0.05, 0.1) is 10.8 Å². The highest BCUT2D eigenvalue weighted by atomic mass is 35.5. The Morgan fingerprint density at radius 1 is 1.14 bits per heavy atom. The molecule has 0 radical (unpaired) electrons. The van der Waals surface area contributed by atoms with Crippen molar-refractivity contribution in [3.63, 3.8) is 0 Å². The fraction of sp³-hybridized carbons (Fsp3) is 0.0625. The lowest BCUT2D eigenvalue weighted by atomic mass is 10.1. The summed E-state index contributed by atoms with van der Waals surface area (Å²) >= 11 is 13.4. The Balaban J connectivity index is 1.79. The molecule has 0 fully saturated rings. The molecule has 5 heteroatoms. The monoisotopic (exact) mass is 335 g/mol. The highest BCUT2D eigenvalue weighted by molar-refractivity contribution is 8.00. The minimum absolute atomic E-state index is 0.0634. The zero-order valence-electron chi connectivity index (χ0n) is 10.9. The van der Waals surface area contributed by atoms with Crippen LogP contribution in [0.1, 0.15) is 10.4 Å². The molecule has 0 spiro atoms. The van der Waals surface area contributed by atoms with E-state index in [9.17, 15) is 4.79 Å². The number of ketones is 1. The number of benzene rings is 2. The largest absolute Gasteiger partial charge is 0.360 e. The van der Waals surface area contributed by atoms with E-state index in [1.165, 1.54) is 11.8 Å². The summed E-state index contributed by atoms with van der Waals surface area (Å²) in [6.45, 7) is 0. The SMILES string of the molecule is O=C(CSc1cc(Cl)ccc1Cl)c1c[nH]c2ccccc12. The number of carbonyl (C=O) groups excluding carboxylic acids is 1. The van der Waals surface area contributed by atoms with Gasteiger partial charge >= 0.3 is 0 Å². The van der Waals surface area contributed by atoms with Crippen molar-refractivity contribution in [2.45, 2.75) is 4.90 Å². The Kier molecular flexibility index (Phi) is 4.24. The third-order valence-corrected chi connectivity index (χ3v) is 4.87. The molecule has 0 aliphatic carbocycles.